The third-order valence-corrected chi connectivity index (χ3v) is 3.55. The van der Waals surface area contributed by atoms with Crippen LogP contribution in [0.2, 0.25) is 0 Å². The number of rotatable bonds is 2. The fourth-order valence-electron chi connectivity index (χ4n) is 2.56. The molecule has 0 spiro atoms. The van der Waals surface area contributed by atoms with Crippen molar-refractivity contribution in [2.75, 3.05) is 45.3 Å². The SMILES string of the molecule is CN(C)C=Nc1ccc2c(c1C#N)OC[C@@H]1CN2CCO1. The monoisotopic (exact) mass is 286 g/mol. The number of hydrogen-bond donors (Lipinski definition) is 0. The fourth-order valence-corrected chi connectivity index (χ4v) is 2.56. The van der Waals surface area contributed by atoms with Gasteiger partial charge in [0.25, 0.3) is 0 Å². The first-order chi connectivity index (χ1) is 10.2. The van der Waals surface area contributed by atoms with Crippen molar-refractivity contribution in [3.63, 3.8) is 0 Å². The molecule has 1 fully saturated rings. The van der Waals surface area contributed by atoms with Crippen molar-refractivity contribution in [1.82, 2.24) is 4.90 Å². The van der Waals surface area contributed by atoms with Gasteiger partial charge in [-0.1, -0.05) is 0 Å². The van der Waals surface area contributed by atoms with Crippen LogP contribution in [0.25, 0.3) is 0 Å². The smallest absolute Gasteiger partial charge is 0.162 e. The van der Waals surface area contributed by atoms with Crippen molar-refractivity contribution >= 4 is 17.7 Å². The molecule has 0 amide bonds. The summed E-state index contributed by atoms with van der Waals surface area (Å²) in [6, 6.07) is 6.08. The van der Waals surface area contributed by atoms with Gasteiger partial charge in [0.05, 0.1) is 24.3 Å². The van der Waals surface area contributed by atoms with E-state index in [-0.39, 0.29) is 6.10 Å². The molecule has 6 heteroatoms. The molecular weight excluding hydrogens is 268 g/mol. The van der Waals surface area contributed by atoms with E-state index in [1.54, 1.807) is 6.34 Å². The summed E-state index contributed by atoms with van der Waals surface area (Å²) in [5, 5.41) is 9.50. The third-order valence-electron chi connectivity index (χ3n) is 3.55. The molecule has 0 aromatic heterocycles. The molecule has 21 heavy (non-hydrogen) atoms. The number of morpholine rings is 1. The number of benzene rings is 1. The van der Waals surface area contributed by atoms with Gasteiger partial charge in [-0.2, -0.15) is 5.26 Å². The van der Waals surface area contributed by atoms with Gasteiger partial charge < -0.3 is 19.3 Å². The highest BCUT2D eigenvalue weighted by Gasteiger charge is 2.29. The van der Waals surface area contributed by atoms with Crippen LogP contribution in [-0.2, 0) is 4.74 Å². The van der Waals surface area contributed by atoms with Crippen LogP contribution in [0, 0.1) is 11.3 Å². The molecule has 1 atom stereocenters. The highest BCUT2D eigenvalue weighted by atomic mass is 16.5. The first-order valence-corrected chi connectivity index (χ1v) is 6.96. The van der Waals surface area contributed by atoms with Gasteiger partial charge in [0.2, 0.25) is 0 Å². The molecule has 0 N–H and O–H groups in total. The minimum atomic E-state index is 0.0615. The van der Waals surface area contributed by atoms with Crippen molar-refractivity contribution in [2.45, 2.75) is 6.10 Å². The Labute approximate surface area is 124 Å². The van der Waals surface area contributed by atoms with E-state index in [0.717, 1.165) is 18.8 Å². The zero-order valence-electron chi connectivity index (χ0n) is 12.2. The maximum atomic E-state index is 9.50. The van der Waals surface area contributed by atoms with Crippen LogP contribution in [0.15, 0.2) is 17.1 Å². The van der Waals surface area contributed by atoms with Crippen LogP contribution >= 0.6 is 0 Å². The second kappa shape index (κ2) is 5.62. The summed E-state index contributed by atoms with van der Waals surface area (Å²) >= 11 is 0. The van der Waals surface area contributed by atoms with Crippen LogP contribution in [-0.4, -0.2) is 57.7 Å². The predicted octanol–water partition coefficient (Wildman–Crippen LogP) is 1.38. The quantitative estimate of drug-likeness (QED) is 0.607. The highest BCUT2D eigenvalue weighted by molar-refractivity contribution is 5.76. The van der Waals surface area contributed by atoms with Crippen molar-refractivity contribution in [2.24, 2.45) is 4.99 Å². The standard InChI is InChI=1S/C15H18N4O2/c1-18(2)10-17-13-3-4-14-15(12(13)7-16)21-9-11-8-19(14)5-6-20-11/h3-4,10-11H,5-6,8-9H2,1-2H3/t11-/m0/s1. The summed E-state index contributed by atoms with van der Waals surface area (Å²) in [7, 11) is 3.78. The molecule has 0 unspecified atom stereocenters. The van der Waals surface area contributed by atoms with Crippen LogP contribution in [0.3, 0.4) is 0 Å². The summed E-state index contributed by atoms with van der Waals surface area (Å²) in [6.45, 7) is 2.78. The minimum Gasteiger partial charge on any atom is -0.487 e. The van der Waals surface area contributed by atoms with Crippen LogP contribution in [0.5, 0.6) is 5.75 Å². The molecule has 1 saturated heterocycles. The third kappa shape index (κ3) is 2.65. The van der Waals surface area contributed by atoms with Gasteiger partial charge >= 0.3 is 0 Å². The summed E-state index contributed by atoms with van der Waals surface area (Å²) in [4.78, 5) is 8.40. The number of nitriles is 1. The molecule has 3 rings (SSSR count). The summed E-state index contributed by atoms with van der Waals surface area (Å²) in [5.41, 5.74) is 2.07. The van der Waals surface area contributed by atoms with E-state index < -0.39 is 0 Å². The van der Waals surface area contributed by atoms with Gasteiger partial charge in [-0.15, -0.1) is 0 Å². The molecule has 2 bridgehead atoms. The fraction of sp³-hybridized carbons (Fsp3) is 0.467. The van der Waals surface area contributed by atoms with Gasteiger partial charge in [0.1, 0.15) is 24.3 Å². The predicted molar refractivity (Wildman–Crippen MR) is 80.4 cm³/mol. The largest absolute Gasteiger partial charge is 0.487 e. The molecule has 1 aromatic rings. The number of aliphatic imine (C=N–C) groups is 1. The van der Waals surface area contributed by atoms with E-state index in [0.29, 0.717) is 30.2 Å². The Morgan fingerprint density at radius 3 is 3.10 bits per heavy atom. The number of anilines is 1. The summed E-state index contributed by atoms with van der Waals surface area (Å²) in [6.07, 6.45) is 1.74. The van der Waals surface area contributed by atoms with E-state index in [9.17, 15) is 5.26 Å². The maximum absolute atomic E-state index is 9.50. The Hall–Kier alpha value is -2.26. The van der Waals surface area contributed by atoms with Crippen molar-refractivity contribution in [1.29, 1.82) is 5.26 Å². The zero-order valence-corrected chi connectivity index (χ0v) is 12.2. The van der Waals surface area contributed by atoms with Crippen molar-refractivity contribution in [3.05, 3.63) is 17.7 Å². The van der Waals surface area contributed by atoms with Crippen LogP contribution in [0.4, 0.5) is 11.4 Å². The lowest BCUT2D eigenvalue weighted by Gasteiger charge is -2.31. The normalized spacial score (nSPS) is 20.4. The Morgan fingerprint density at radius 2 is 2.33 bits per heavy atom. The molecule has 2 aliphatic heterocycles. The second-order valence-corrected chi connectivity index (χ2v) is 5.38. The summed E-state index contributed by atoms with van der Waals surface area (Å²) < 4.78 is 11.5. The number of hydrogen-bond acceptors (Lipinski definition) is 5. The second-order valence-electron chi connectivity index (χ2n) is 5.38. The number of nitrogens with zero attached hydrogens (tertiary/aromatic N) is 4. The molecular formula is C15H18N4O2. The topological polar surface area (TPSA) is 61.1 Å². The molecule has 6 nitrogen and oxygen atoms in total. The van der Waals surface area contributed by atoms with Gasteiger partial charge in [-0.05, 0) is 12.1 Å². The van der Waals surface area contributed by atoms with E-state index >= 15 is 0 Å². The van der Waals surface area contributed by atoms with Gasteiger partial charge in [-0.25, -0.2) is 4.99 Å². The molecule has 110 valence electrons. The molecule has 2 aliphatic rings. The Kier molecular flexibility index (Phi) is 3.67. The first kappa shape index (κ1) is 13.7. The Morgan fingerprint density at radius 1 is 1.48 bits per heavy atom. The van der Waals surface area contributed by atoms with Gasteiger partial charge in [-0.3, -0.25) is 0 Å². The van der Waals surface area contributed by atoms with Crippen molar-refractivity contribution < 1.29 is 9.47 Å². The van der Waals surface area contributed by atoms with E-state index in [4.69, 9.17) is 9.47 Å². The average Bonchev–Trinajstić information content (AvgIpc) is 2.61. The van der Waals surface area contributed by atoms with E-state index in [2.05, 4.69) is 16.0 Å². The Balaban J connectivity index is 2.04. The molecule has 2 heterocycles. The molecule has 0 saturated carbocycles. The minimum absolute atomic E-state index is 0.0615. The van der Waals surface area contributed by atoms with E-state index in [1.807, 2.05) is 31.1 Å². The van der Waals surface area contributed by atoms with E-state index in [1.165, 1.54) is 0 Å². The lowest BCUT2D eigenvalue weighted by molar-refractivity contribution is 0.0158. The van der Waals surface area contributed by atoms with Crippen molar-refractivity contribution in [3.8, 4) is 11.8 Å². The van der Waals surface area contributed by atoms with Gasteiger partial charge in [0, 0.05) is 27.2 Å². The van der Waals surface area contributed by atoms with Gasteiger partial charge in [0.15, 0.2) is 5.75 Å². The first-order valence-electron chi connectivity index (χ1n) is 6.96. The molecule has 0 radical (unpaired) electrons. The maximum Gasteiger partial charge on any atom is 0.162 e. The van der Waals surface area contributed by atoms with Crippen LogP contribution in [0.1, 0.15) is 5.56 Å². The average molecular weight is 286 g/mol. The summed E-state index contributed by atoms with van der Waals surface area (Å²) in [5.74, 6) is 0.624. The Bertz CT molecular complexity index is 606. The number of ether oxygens (including phenoxy) is 2. The lowest BCUT2D eigenvalue weighted by atomic mass is 10.1. The molecule has 1 aromatic carbocycles. The lowest BCUT2D eigenvalue weighted by Crippen LogP contribution is -2.43. The van der Waals surface area contributed by atoms with Crippen LogP contribution < -0.4 is 9.64 Å². The number of fused-ring (bicyclic) bond motifs is 4. The highest BCUT2D eigenvalue weighted by Crippen LogP contribution is 2.40. The molecule has 0 aliphatic carbocycles. The zero-order chi connectivity index (χ0) is 14.8.